The molecule has 4 nitrogen and oxygen atoms in total. The topological polar surface area (TPSA) is 63.6 Å². The van der Waals surface area contributed by atoms with Crippen LogP contribution < -0.4 is 4.74 Å². The second-order valence-electron chi connectivity index (χ2n) is 7.40. The lowest BCUT2D eigenvalue weighted by Crippen LogP contribution is -2.27. The van der Waals surface area contributed by atoms with Gasteiger partial charge in [0.15, 0.2) is 0 Å². The molecule has 4 rings (SSSR count). The van der Waals surface area contributed by atoms with Crippen molar-refractivity contribution in [3.8, 4) is 16.9 Å². The van der Waals surface area contributed by atoms with Crippen LogP contribution in [0.3, 0.4) is 0 Å². The number of carbonyl (C=O) groups excluding carboxylic acids is 1. The van der Waals surface area contributed by atoms with E-state index in [1.54, 1.807) is 24.3 Å². The summed E-state index contributed by atoms with van der Waals surface area (Å²) in [6, 6.07) is 18.1. The van der Waals surface area contributed by atoms with Crippen LogP contribution in [0.2, 0.25) is 0 Å². The van der Waals surface area contributed by atoms with Crippen molar-refractivity contribution in [1.29, 1.82) is 0 Å². The van der Waals surface area contributed by atoms with Crippen molar-refractivity contribution in [2.75, 3.05) is 0 Å². The molecule has 0 spiro atoms. The van der Waals surface area contributed by atoms with E-state index in [-0.39, 0.29) is 23.4 Å². The fourth-order valence-corrected chi connectivity index (χ4v) is 4.02. The molecule has 0 bridgehead atoms. The van der Waals surface area contributed by atoms with Crippen LogP contribution >= 0.6 is 0 Å². The monoisotopic (exact) mass is 386 g/mol. The van der Waals surface area contributed by atoms with Crippen molar-refractivity contribution in [2.24, 2.45) is 11.8 Å². The molecule has 0 saturated heterocycles. The zero-order valence-electron chi connectivity index (χ0n) is 16.2. The number of aromatic carboxylic acids is 1. The molecule has 0 heterocycles. The minimum absolute atomic E-state index is 0.137. The molecule has 4 heteroatoms. The molecule has 29 heavy (non-hydrogen) atoms. The zero-order valence-corrected chi connectivity index (χ0v) is 16.2. The minimum Gasteiger partial charge on any atom is -0.478 e. The standard InChI is InChI=1S/C25H22O4/c1-16-8-2-3-11-18(16)25(28)29-22-15-7-10-17-9-6-14-20(23(17)22)19-12-4-5-13-21(19)24(26)27/h2,4-10,12-16,18H,3,11H2,1H3,(H,26,27). The lowest BCUT2D eigenvalue weighted by molar-refractivity contribution is -0.140. The first kappa shape index (κ1) is 18.9. The summed E-state index contributed by atoms with van der Waals surface area (Å²) in [6.45, 7) is 2.03. The van der Waals surface area contributed by atoms with Gasteiger partial charge in [0.2, 0.25) is 0 Å². The molecule has 3 aromatic rings. The summed E-state index contributed by atoms with van der Waals surface area (Å²) in [5.41, 5.74) is 1.55. The SMILES string of the molecule is CC1C=CCCC1C(=O)Oc1cccc2cccc(-c3ccccc3C(=O)O)c12. The van der Waals surface area contributed by atoms with Gasteiger partial charge in [-0.2, -0.15) is 0 Å². The van der Waals surface area contributed by atoms with Gasteiger partial charge < -0.3 is 9.84 Å². The Labute approximate surface area is 169 Å². The van der Waals surface area contributed by atoms with Gasteiger partial charge in [-0.15, -0.1) is 0 Å². The van der Waals surface area contributed by atoms with Crippen molar-refractivity contribution >= 4 is 22.7 Å². The fraction of sp³-hybridized carbons (Fsp3) is 0.200. The van der Waals surface area contributed by atoms with Crippen LogP contribution in [0.25, 0.3) is 21.9 Å². The lowest BCUT2D eigenvalue weighted by atomic mass is 9.85. The summed E-state index contributed by atoms with van der Waals surface area (Å²) in [7, 11) is 0. The van der Waals surface area contributed by atoms with Gasteiger partial charge >= 0.3 is 11.9 Å². The number of carbonyl (C=O) groups is 2. The summed E-state index contributed by atoms with van der Waals surface area (Å²) in [5.74, 6) is -0.803. The van der Waals surface area contributed by atoms with Gasteiger partial charge in [0.25, 0.3) is 0 Å². The Morgan fingerprint density at radius 1 is 0.966 bits per heavy atom. The van der Waals surface area contributed by atoms with Gasteiger partial charge in [-0.3, -0.25) is 4.79 Å². The second kappa shape index (κ2) is 7.92. The second-order valence-corrected chi connectivity index (χ2v) is 7.40. The first-order valence-corrected chi connectivity index (χ1v) is 9.79. The van der Waals surface area contributed by atoms with Crippen molar-refractivity contribution in [3.63, 3.8) is 0 Å². The number of carboxylic acid groups (broad SMARTS) is 1. The van der Waals surface area contributed by atoms with E-state index in [1.165, 1.54) is 0 Å². The maximum Gasteiger partial charge on any atom is 0.336 e. The van der Waals surface area contributed by atoms with Gasteiger partial charge in [-0.1, -0.05) is 67.6 Å². The predicted molar refractivity (Wildman–Crippen MR) is 113 cm³/mol. The number of fused-ring (bicyclic) bond motifs is 1. The Morgan fingerprint density at radius 2 is 1.69 bits per heavy atom. The van der Waals surface area contributed by atoms with Crippen molar-refractivity contribution in [3.05, 3.63) is 78.4 Å². The molecule has 0 aromatic heterocycles. The van der Waals surface area contributed by atoms with Crippen LogP contribution in [-0.2, 0) is 4.79 Å². The number of carboxylic acids is 1. The van der Waals surface area contributed by atoms with E-state index >= 15 is 0 Å². The van der Waals surface area contributed by atoms with E-state index in [2.05, 4.69) is 12.2 Å². The maximum absolute atomic E-state index is 12.9. The van der Waals surface area contributed by atoms with E-state index in [9.17, 15) is 14.7 Å². The Hall–Kier alpha value is -3.40. The molecule has 0 amide bonds. The number of esters is 1. The van der Waals surface area contributed by atoms with Gasteiger partial charge in [-0.05, 0) is 47.4 Å². The highest BCUT2D eigenvalue weighted by Crippen LogP contribution is 2.38. The summed E-state index contributed by atoms with van der Waals surface area (Å²) >= 11 is 0. The average Bonchev–Trinajstić information content (AvgIpc) is 2.73. The minimum atomic E-state index is -0.991. The molecule has 2 atom stereocenters. The molecule has 0 aliphatic heterocycles. The lowest BCUT2D eigenvalue weighted by Gasteiger charge is -2.23. The molecule has 0 radical (unpaired) electrons. The molecule has 0 fully saturated rings. The number of hydrogen-bond acceptors (Lipinski definition) is 3. The van der Waals surface area contributed by atoms with Crippen LogP contribution in [0, 0.1) is 11.8 Å². The number of ether oxygens (including phenoxy) is 1. The van der Waals surface area contributed by atoms with E-state index < -0.39 is 5.97 Å². The van der Waals surface area contributed by atoms with Crippen LogP contribution in [0.1, 0.15) is 30.1 Å². The molecule has 3 aromatic carbocycles. The number of rotatable bonds is 4. The third kappa shape index (κ3) is 3.66. The van der Waals surface area contributed by atoms with Crippen molar-refractivity contribution < 1.29 is 19.4 Å². The first-order valence-electron chi connectivity index (χ1n) is 9.79. The Balaban J connectivity index is 1.82. The third-order valence-corrected chi connectivity index (χ3v) is 5.55. The number of allylic oxidation sites excluding steroid dienone is 2. The maximum atomic E-state index is 12.9. The van der Waals surface area contributed by atoms with E-state index in [0.717, 1.165) is 29.2 Å². The largest absolute Gasteiger partial charge is 0.478 e. The highest BCUT2D eigenvalue weighted by atomic mass is 16.5. The molecule has 1 aliphatic rings. The van der Waals surface area contributed by atoms with Gasteiger partial charge in [-0.25, -0.2) is 4.79 Å². The average molecular weight is 386 g/mol. The summed E-state index contributed by atoms with van der Waals surface area (Å²) in [5, 5.41) is 11.3. The van der Waals surface area contributed by atoms with Crippen LogP contribution in [-0.4, -0.2) is 17.0 Å². The number of hydrogen-bond donors (Lipinski definition) is 1. The summed E-state index contributed by atoms with van der Waals surface area (Å²) in [4.78, 5) is 24.6. The van der Waals surface area contributed by atoms with Crippen molar-refractivity contribution in [2.45, 2.75) is 19.8 Å². The molecule has 1 aliphatic carbocycles. The molecular formula is C25H22O4. The molecule has 1 N–H and O–H groups in total. The van der Waals surface area contributed by atoms with E-state index in [4.69, 9.17) is 4.74 Å². The van der Waals surface area contributed by atoms with Crippen LogP contribution in [0.4, 0.5) is 0 Å². The van der Waals surface area contributed by atoms with Gasteiger partial charge in [0, 0.05) is 5.39 Å². The normalized spacial score (nSPS) is 18.5. The Kier molecular flexibility index (Phi) is 5.17. The zero-order chi connectivity index (χ0) is 20.4. The van der Waals surface area contributed by atoms with Gasteiger partial charge in [0.1, 0.15) is 5.75 Å². The highest BCUT2D eigenvalue weighted by molar-refractivity contribution is 6.06. The molecule has 2 unspecified atom stereocenters. The Bertz CT molecular complexity index is 1110. The summed E-state index contributed by atoms with van der Waals surface area (Å²) < 4.78 is 5.88. The smallest absolute Gasteiger partial charge is 0.336 e. The van der Waals surface area contributed by atoms with Crippen molar-refractivity contribution in [1.82, 2.24) is 0 Å². The fourth-order valence-electron chi connectivity index (χ4n) is 4.02. The molecule has 146 valence electrons. The van der Waals surface area contributed by atoms with Gasteiger partial charge in [0.05, 0.1) is 11.5 Å². The first-order chi connectivity index (χ1) is 14.1. The Morgan fingerprint density at radius 3 is 2.45 bits per heavy atom. The summed E-state index contributed by atoms with van der Waals surface area (Å²) in [6.07, 6.45) is 5.81. The molecule has 0 saturated carbocycles. The van der Waals surface area contributed by atoms with E-state index in [0.29, 0.717) is 11.3 Å². The third-order valence-electron chi connectivity index (χ3n) is 5.55. The van der Waals surface area contributed by atoms with E-state index in [1.807, 2.05) is 43.3 Å². The molecular weight excluding hydrogens is 364 g/mol. The quantitative estimate of drug-likeness (QED) is 0.354. The predicted octanol–water partition coefficient (Wildman–Crippen LogP) is 5.71. The number of benzene rings is 3. The van der Waals surface area contributed by atoms with Crippen LogP contribution in [0.15, 0.2) is 72.8 Å². The van der Waals surface area contributed by atoms with Crippen LogP contribution in [0.5, 0.6) is 5.75 Å². The highest BCUT2D eigenvalue weighted by Gasteiger charge is 2.27.